The van der Waals surface area contributed by atoms with Gasteiger partial charge in [0.05, 0.1) is 36.7 Å². The van der Waals surface area contributed by atoms with Crippen LogP contribution in [0.4, 0.5) is 13.2 Å². The third-order valence-corrected chi connectivity index (χ3v) is 6.47. The monoisotopic (exact) mass is 483 g/mol. The molecule has 176 valence electrons. The Labute approximate surface area is 187 Å². The number of carbonyl (C=O) groups excluding carboxylic acids is 1. The van der Waals surface area contributed by atoms with Gasteiger partial charge in [0.25, 0.3) is 0 Å². The van der Waals surface area contributed by atoms with E-state index >= 15 is 0 Å². The van der Waals surface area contributed by atoms with Crippen LogP contribution in [0.1, 0.15) is 18.9 Å². The Balaban J connectivity index is 0.000000454. The van der Waals surface area contributed by atoms with Gasteiger partial charge in [-0.2, -0.15) is 23.5 Å². The van der Waals surface area contributed by atoms with Crippen molar-refractivity contribution in [3.63, 3.8) is 0 Å². The molecule has 33 heavy (non-hydrogen) atoms. The minimum Gasteiger partial charge on any atom is -0.346 e. The van der Waals surface area contributed by atoms with Crippen LogP contribution in [0, 0.1) is 17.2 Å². The normalized spacial score (nSPS) is 17.8. The minimum atomic E-state index is -4.64. The number of aldehydes is 1. The number of carbonyl (C=O) groups is 1. The topological polar surface area (TPSA) is 138 Å². The van der Waals surface area contributed by atoms with E-state index in [-0.39, 0.29) is 18.4 Å². The molecule has 3 aromatic rings. The molecular weight excluding hydrogens is 463 g/mol. The van der Waals surface area contributed by atoms with Crippen LogP contribution in [0.3, 0.4) is 0 Å². The van der Waals surface area contributed by atoms with Gasteiger partial charge in [0.15, 0.2) is 0 Å². The summed E-state index contributed by atoms with van der Waals surface area (Å²) in [6.45, 7) is 0.894. The molecule has 0 saturated carbocycles. The second-order valence-corrected chi connectivity index (χ2v) is 9.41. The Kier molecular flexibility index (Phi) is 7.13. The van der Waals surface area contributed by atoms with Crippen molar-refractivity contribution in [3.8, 4) is 17.3 Å². The average Bonchev–Trinajstić information content (AvgIpc) is 3.51. The van der Waals surface area contributed by atoms with E-state index in [0.29, 0.717) is 19.5 Å². The van der Waals surface area contributed by atoms with Crippen molar-refractivity contribution >= 4 is 27.3 Å². The summed E-state index contributed by atoms with van der Waals surface area (Å²) in [7, 11) is -3.22. The predicted octanol–water partition coefficient (Wildman–Crippen LogP) is 2.31. The predicted molar refractivity (Wildman–Crippen MR) is 111 cm³/mol. The van der Waals surface area contributed by atoms with Crippen LogP contribution in [-0.4, -0.2) is 69.3 Å². The number of fused-ring (bicyclic) bond motifs is 1. The van der Waals surface area contributed by atoms with Gasteiger partial charge in [-0.05, 0) is 18.4 Å². The fraction of sp³-hybridized carbons (Fsp3) is 0.421. The molecule has 1 fully saturated rings. The van der Waals surface area contributed by atoms with Crippen molar-refractivity contribution in [3.05, 3.63) is 31.0 Å². The molecular formula is C19H20F3N7O3S. The number of halogens is 3. The van der Waals surface area contributed by atoms with E-state index < -0.39 is 22.5 Å². The highest BCUT2D eigenvalue weighted by Gasteiger charge is 2.35. The lowest BCUT2D eigenvalue weighted by Gasteiger charge is -2.21. The zero-order valence-corrected chi connectivity index (χ0v) is 18.2. The van der Waals surface area contributed by atoms with E-state index in [1.165, 1.54) is 16.9 Å². The zero-order chi connectivity index (χ0) is 24.2. The first-order valence-electron chi connectivity index (χ1n) is 9.71. The highest BCUT2D eigenvalue weighted by atomic mass is 32.2. The SMILES string of the molecule is CS(=O)(=O)N1CCC(C(CC#N)n2cc(-c3ncnc4[nH]ccc34)cn2)C1.O=CC(F)(F)F. The summed E-state index contributed by atoms with van der Waals surface area (Å²) in [4.78, 5) is 20.3. The molecule has 0 radical (unpaired) electrons. The van der Waals surface area contributed by atoms with E-state index in [1.807, 2.05) is 18.5 Å². The molecule has 10 nitrogen and oxygen atoms in total. The second kappa shape index (κ2) is 9.67. The maximum Gasteiger partial charge on any atom is 0.446 e. The lowest BCUT2D eigenvalue weighted by Crippen LogP contribution is -2.29. The van der Waals surface area contributed by atoms with E-state index in [2.05, 4.69) is 26.1 Å². The van der Waals surface area contributed by atoms with Gasteiger partial charge in [-0.15, -0.1) is 0 Å². The fourth-order valence-electron chi connectivity index (χ4n) is 3.68. The van der Waals surface area contributed by atoms with Crippen molar-refractivity contribution in [1.29, 1.82) is 5.26 Å². The van der Waals surface area contributed by atoms with E-state index in [1.54, 1.807) is 10.9 Å². The Morgan fingerprint density at radius 2 is 2.12 bits per heavy atom. The largest absolute Gasteiger partial charge is 0.446 e. The number of nitrogens with one attached hydrogen (secondary N) is 1. The van der Waals surface area contributed by atoms with Crippen LogP contribution >= 0.6 is 0 Å². The Morgan fingerprint density at radius 1 is 1.39 bits per heavy atom. The van der Waals surface area contributed by atoms with Gasteiger partial charge in [0.1, 0.15) is 12.0 Å². The number of aromatic amines is 1. The molecule has 2 atom stereocenters. The number of nitriles is 1. The number of sulfonamides is 1. The summed E-state index contributed by atoms with van der Waals surface area (Å²) in [5, 5.41) is 14.6. The van der Waals surface area contributed by atoms with Gasteiger partial charge < -0.3 is 4.98 Å². The summed E-state index contributed by atoms with van der Waals surface area (Å²) in [5.74, 6) is 0.0461. The molecule has 1 N–H and O–H groups in total. The average molecular weight is 483 g/mol. The first kappa shape index (κ1) is 24.3. The molecule has 1 aliphatic rings. The molecule has 0 bridgehead atoms. The molecule has 4 rings (SSSR count). The number of hydrogen-bond acceptors (Lipinski definition) is 7. The number of hydrogen-bond donors (Lipinski definition) is 1. The maximum absolute atomic E-state index is 11.8. The first-order chi connectivity index (χ1) is 15.5. The number of nitrogens with zero attached hydrogens (tertiary/aromatic N) is 6. The van der Waals surface area contributed by atoms with Gasteiger partial charge in [-0.25, -0.2) is 22.7 Å². The van der Waals surface area contributed by atoms with Gasteiger partial charge >= 0.3 is 6.18 Å². The van der Waals surface area contributed by atoms with E-state index in [4.69, 9.17) is 4.79 Å². The van der Waals surface area contributed by atoms with E-state index in [9.17, 15) is 26.9 Å². The van der Waals surface area contributed by atoms with Crippen LogP contribution in [0.15, 0.2) is 31.0 Å². The van der Waals surface area contributed by atoms with Crippen LogP contribution in [-0.2, 0) is 14.8 Å². The summed E-state index contributed by atoms with van der Waals surface area (Å²) in [5.41, 5.74) is 2.36. The number of alkyl halides is 3. The Hall–Kier alpha value is -3.31. The number of aromatic nitrogens is 5. The standard InChI is InChI=1S/C17H19N7O2S.C2HF3O/c1-27(25,26)23-7-4-12(9-23)15(2-5-18)24-10-13(8-22-24)16-14-3-6-19-17(14)21-11-20-16;3-2(4,5)1-6/h3,6,8,10-12,15H,2,4,7,9H2,1H3,(H,19,20,21);1H. The van der Waals surface area contributed by atoms with Gasteiger partial charge in [0.2, 0.25) is 16.3 Å². The van der Waals surface area contributed by atoms with Gasteiger partial charge in [-0.1, -0.05) is 0 Å². The molecule has 4 heterocycles. The minimum absolute atomic E-state index is 0.0461. The molecule has 1 saturated heterocycles. The third-order valence-electron chi connectivity index (χ3n) is 5.20. The highest BCUT2D eigenvalue weighted by Crippen LogP contribution is 2.33. The summed E-state index contributed by atoms with van der Waals surface area (Å²) < 4.78 is 58.1. The molecule has 2 unspecified atom stereocenters. The molecule has 14 heteroatoms. The van der Waals surface area contributed by atoms with Crippen LogP contribution in [0.2, 0.25) is 0 Å². The molecule has 0 spiro atoms. The Morgan fingerprint density at radius 3 is 2.73 bits per heavy atom. The van der Waals surface area contributed by atoms with Crippen molar-refractivity contribution in [2.75, 3.05) is 19.3 Å². The maximum atomic E-state index is 11.8. The fourth-order valence-corrected chi connectivity index (χ4v) is 4.58. The molecule has 3 aromatic heterocycles. The van der Waals surface area contributed by atoms with E-state index in [0.717, 1.165) is 22.3 Å². The van der Waals surface area contributed by atoms with Crippen molar-refractivity contribution in [2.45, 2.75) is 25.1 Å². The van der Waals surface area contributed by atoms with Crippen LogP contribution in [0.25, 0.3) is 22.3 Å². The molecule has 1 aliphatic heterocycles. The third kappa shape index (κ3) is 5.93. The highest BCUT2D eigenvalue weighted by molar-refractivity contribution is 7.88. The molecule has 0 amide bonds. The van der Waals surface area contributed by atoms with Gasteiger partial charge in [0, 0.05) is 36.4 Å². The number of H-pyrrole nitrogens is 1. The summed E-state index contributed by atoms with van der Waals surface area (Å²) in [6.07, 6.45) is 3.41. The van der Waals surface area contributed by atoms with Crippen LogP contribution < -0.4 is 0 Å². The summed E-state index contributed by atoms with van der Waals surface area (Å²) >= 11 is 0. The van der Waals surface area contributed by atoms with Crippen molar-refractivity contribution < 1.29 is 26.4 Å². The number of rotatable bonds is 5. The Bertz CT molecular complexity index is 1260. The van der Waals surface area contributed by atoms with Crippen molar-refractivity contribution in [1.82, 2.24) is 29.0 Å². The molecule has 0 aliphatic carbocycles. The summed E-state index contributed by atoms with van der Waals surface area (Å²) in [6, 6.07) is 3.94. The lowest BCUT2D eigenvalue weighted by atomic mass is 9.97. The smallest absolute Gasteiger partial charge is 0.346 e. The molecule has 0 aromatic carbocycles. The van der Waals surface area contributed by atoms with Crippen LogP contribution in [0.5, 0.6) is 0 Å². The van der Waals surface area contributed by atoms with Crippen molar-refractivity contribution in [2.24, 2.45) is 5.92 Å². The zero-order valence-electron chi connectivity index (χ0n) is 17.4. The second-order valence-electron chi connectivity index (χ2n) is 7.43. The quantitative estimate of drug-likeness (QED) is 0.550. The van der Waals surface area contributed by atoms with Gasteiger partial charge in [-0.3, -0.25) is 9.48 Å². The first-order valence-corrected chi connectivity index (χ1v) is 11.6. The lowest BCUT2D eigenvalue weighted by molar-refractivity contribution is -0.156.